The van der Waals surface area contributed by atoms with Crippen LogP contribution in [-0.4, -0.2) is 32.7 Å². The number of rotatable bonds is 21. The van der Waals surface area contributed by atoms with Crippen molar-refractivity contribution >= 4 is 12.4 Å². The van der Waals surface area contributed by atoms with E-state index in [0.29, 0.717) is 44.5 Å². The lowest BCUT2D eigenvalue weighted by Crippen LogP contribution is -2.06. The highest BCUT2D eigenvalue weighted by atomic mass is 19.2. The summed E-state index contributed by atoms with van der Waals surface area (Å²) >= 11 is 0. The Hall–Kier alpha value is -4.67. The number of benzene rings is 3. The Morgan fingerprint density at radius 3 is 1.92 bits per heavy atom. The Bertz CT molecular complexity index is 1650. The summed E-state index contributed by atoms with van der Waals surface area (Å²) in [4.78, 5) is 11.6. The lowest BCUT2D eigenvalue weighted by Gasteiger charge is -2.12. The van der Waals surface area contributed by atoms with E-state index in [-0.39, 0.29) is 59.7 Å². The molecule has 0 aliphatic rings. The minimum absolute atomic E-state index is 0.102. The highest BCUT2D eigenvalue weighted by Gasteiger charge is 2.18. The standard InChI is InChI=1S/C39H42F6O5/c1-4-47-35(37(43)26(3)40)14-10-13-28-15-16-29(23-33(28)41)49-21-8-6-11-27(25-46)12-7-9-22-50-30-17-18-31(34(42)24-30)32-19-20-36(48-5-2)39(45)38(32)44/h10,13-20,23-25,27H,4-9,11-12,21-22H2,1-3H3/b13-10+,35-14+,37-26-. The predicted octanol–water partition coefficient (Wildman–Crippen LogP) is 11.0. The van der Waals surface area contributed by atoms with Crippen molar-refractivity contribution in [2.24, 2.45) is 5.92 Å². The molecule has 270 valence electrons. The van der Waals surface area contributed by atoms with Crippen molar-refractivity contribution < 1.29 is 50.1 Å². The molecule has 0 aliphatic heterocycles. The molecule has 0 saturated carbocycles. The third-order valence-corrected chi connectivity index (χ3v) is 7.56. The number of hydrogen-bond donors (Lipinski definition) is 0. The molecule has 0 fully saturated rings. The van der Waals surface area contributed by atoms with Gasteiger partial charge >= 0.3 is 0 Å². The molecular formula is C39H42F6O5. The maximum Gasteiger partial charge on any atom is 0.201 e. The van der Waals surface area contributed by atoms with Crippen LogP contribution in [0.4, 0.5) is 26.3 Å². The van der Waals surface area contributed by atoms with Crippen LogP contribution in [0, 0.1) is 29.2 Å². The zero-order chi connectivity index (χ0) is 36.5. The normalized spacial score (nSPS) is 12.9. The fourth-order valence-electron chi connectivity index (χ4n) is 4.97. The van der Waals surface area contributed by atoms with Crippen molar-refractivity contribution in [1.29, 1.82) is 0 Å². The van der Waals surface area contributed by atoms with Crippen LogP contribution in [-0.2, 0) is 9.53 Å². The molecule has 50 heavy (non-hydrogen) atoms. The van der Waals surface area contributed by atoms with Gasteiger partial charge in [0.25, 0.3) is 0 Å². The van der Waals surface area contributed by atoms with Crippen molar-refractivity contribution in [3.63, 3.8) is 0 Å². The second kappa shape index (κ2) is 20.8. The highest BCUT2D eigenvalue weighted by Crippen LogP contribution is 2.33. The number of ether oxygens (including phenoxy) is 4. The Balaban J connectivity index is 1.36. The molecule has 1 unspecified atom stereocenters. The van der Waals surface area contributed by atoms with Gasteiger partial charge in [0.05, 0.1) is 26.4 Å². The van der Waals surface area contributed by atoms with Gasteiger partial charge in [-0.2, -0.15) is 4.39 Å². The second-order valence-electron chi connectivity index (χ2n) is 11.3. The zero-order valence-corrected chi connectivity index (χ0v) is 28.4. The highest BCUT2D eigenvalue weighted by molar-refractivity contribution is 5.67. The summed E-state index contributed by atoms with van der Waals surface area (Å²) in [6.45, 7) is 5.17. The van der Waals surface area contributed by atoms with Crippen LogP contribution in [0.2, 0.25) is 0 Å². The maximum absolute atomic E-state index is 14.8. The number of allylic oxidation sites excluding steroid dienone is 4. The van der Waals surface area contributed by atoms with Gasteiger partial charge in [0, 0.05) is 34.7 Å². The van der Waals surface area contributed by atoms with Gasteiger partial charge < -0.3 is 23.7 Å². The minimum Gasteiger partial charge on any atom is -0.493 e. The molecule has 0 heterocycles. The van der Waals surface area contributed by atoms with E-state index in [1.54, 1.807) is 19.9 Å². The van der Waals surface area contributed by atoms with Gasteiger partial charge in [-0.1, -0.05) is 12.2 Å². The topological polar surface area (TPSA) is 54.0 Å². The molecule has 0 aliphatic carbocycles. The summed E-state index contributed by atoms with van der Waals surface area (Å²) in [7, 11) is 0. The molecule has 1 atom stereocenters. The lowest BCUT2D eigenvalue weighted by atomic mass is 9.97. The number of carbonyl (C=O) groups excluding carboxylic acids is 1. The van der Waals surface area contributed by atoms with Gasteiger partial charge in [-0.15, -0.1) is 0 Å². The molecule has 0 N–H and O–H groups in total. The van der Waals surface area contributed by atoms with Crippen LogP contribution in [0.5, 0.6) is 17.2 Å². The van der Waals surface area contributed by atoms with Crippen molar-refractivity contribution in [1.82, 2.24) is 0 Å². The van der Waals surface area contributed by atoms with Gasteiger partial charge in [0.2, 0.25) is 5.82 Å². The van der Waals surface area contributed by atoms with E-state index in [4.69, 9.17) is 18.9 Å². The Morgan fingerprint density at radius 1 is 0.740 bits per heavy atom. The first-order valence-corrected chi connectivity index (χ1v) is 16.5. The van der Waals surface area contributed by atoms with Gasteiger partial charge in [0.1, 0.15) is 35.2 Å². The fourth-order valence-corrected chi connectivity index (χ4v) is 4.97. The molecule has 0 aromatic heterocycles. The van der Waals surface area contributed by atoms with Gasteiger partial charge in [-0.3, -0.25) is 0 Å². The van der Waals surface area contributed by atoms with Crippen LogP contribution in [0.15, 0.2) is 78.1 Å². The lowest BCUT2D eigenvalue weighted by molar-refractivity contribution is -0.111. The smallest absolute Gasteiger partial charge is 0.201 e. The first-order valence-electron chi connectivity index (χ1n) is 16.5. The van der Waals surface area contributed by atoms with Crippen LogP contribution in [0.3, 0.4) is 0 Å². The summed E-state index contributed by atoms with van der Waals surface area (Å²) in [6, 6.07) is 10.8. The number of halogens is 6. The summed E-state index contributed by atoms with van der Waals surface area (Å²) in [5.74, 6) is -5.89. The summed E-state index contributed by atoms with van der Waals surface area (Å²) in [6.07, 6.45) is 8.95. The number of unbranched alkanes of at least 4 members (excludes halogenated alkanes) is 2. The Labute approximate surface area is 289 Å². The average Bonchev–Trinajstić information content (AvgIpc) is 3.09. The van der Waals surface area contributed by atoms with E-state index in [0.717, 1.165) is 25.7 Å². The molecule has 0 amide bonds. The van der Waals surface area contributed by atoms with Crippen molar-refractivity contribution in [3.8, 4) is 28.4 Å². The second-order valence-corrected chi connectivity index (χ2v) is 11.3. The monoisotopic (exact) mass is 704 g/mol. The predicted molar refractivity (Wildman–Crippen MR) is 181 cm³/mol. The Morgan fingerprint density at radius 2 is 1.36 bits per heavy atom. The molecule has 0 bridgehead atoms. The van der Waals surface area contributed by atoms with E-state index < -0.39 is 34.9 Å². The first kappa shape index (κ1) is 39.8. The molecule has 5 nitrogen and oxygen atoms in total. The van der Waals surface area contributed by atoms with Gasteiger partial charge in [0.15, 0.2) is 23.2 Å². The number of aldehydes is 1. The quantitative estimate of drug-likeness (QED) is 0.0363. The third-order valence-electron chi connectivity index (χ3n) is 7.56. The van der Waals surface area contributed by atoms with Crippen LogP contribution in [0.25, 0.3) is 17.2 Å². The number of hydrogen-bond acceptors (Lipinski definition) is 5. The van der Waals surface area contributed by atoms with Gasteiger partial charge in [-0.25, -0.2) is 22.0 Å². The van der Waals surface area contributed by atoms with E-state index in [2.05, 4.69) is 0 Å². The first-order chi connectivity index (χ1) is 24.1. The third kappa shape index (κ3) is 12.0. The van der Waals surface area contributed by atoms with E-state index >= 15 is 0 Å². The average molecular weight is 705 g/mol. The minimum atomic E-state index is -1.19. The van der Waals surface area contributed by atoms with Crippen LogP contribution < -0.4 is 14.2 Å². The molecule has 3 aromatic carbocycles. The van der Waals surface area contributed by atoms with Gasteiger partial charge in [-0.05, 0) is 102 Å². The molecule has 0 spiro atoms. The molecule has 3 aromatic rings. The van der Waals surface area contributed by atoms with Crippen LogP contribution in [0.1, 0.15) is 64.9 Å². The molecular weight excluding hydrogens is 662 g/mol. The summed E-state index contributed by atoms with van der Waals surface area (Å²) < 4.78 is 106. The molecule has 11 heteroatoms. The fraction of sp³-hybridized carbons (Fsp3) is 0.359. The SMILES string of the molecule is CCOC(=C/C=C/c1ccc(OCCCCC(C=O)CCCCOc2ccc(-c3ccc(OCC)c(F)c3F)c(F)c2)cc1F)/C(F)=C(\C)F. The zero-order valence-electron chi connectivity index (χ0n) is 28.4. The van der Waals surface area contributed by atoms with Crippen molar-refractivity contribution in [3.05, 3.63) is 107 Å². The summed E-state index contributed by atoms with van der Waals surface area (Å²) in [5.41, 5.74) is -0.0967. The summed E-state index contributed by atoms with van der Waals surface area (Å²) in [5, 5.41) is 0. The molecule has 0 saturated heterocycles. The maximum atomic E-state index is 14.8. The van der Waals surface area contributed by atoms with Crippen molar-refractivity contribution in [2.75, 3.05) is 26.4 Å². The van der Waals surface area contributed by atoms with E-state index in [9.17, 15) is 31.1 Å². The van der Waals surface area contributed by atoms with Crippen molar-refractivity contribution in [2.45, 2.75) is 59.3 Å². The largest absolute Gasteiger partial charge is 0.493 e. The molecule has 0 radical (unpaired) electrons. The molecule has 3 rings (SSSR count). The Kier molecular flexibility index (Phi) is 16.5. The number of carbonyl (C=O) groups is 1. The van der Waals surface area contributed by atoms with E-state index in [1.165, 1.54) is 54.6 Å². The van der Waals surface area contributed by atoms with E-state index in [1.807, 2.05) is 0 Å². The van der Waals surface area contributed by atoms with Crippen LogP contribution >= 0.6 is 0 Å².